The maximum absolute atomic E-state index is 12.2. The van der Waals surface area contributed by atoms with Crippen LogP contribution in [0, 0.1) is 0 Å². The van der Waals surface area contributed by atoms with Crippen LogP contribution in [0.2, 0.25) is 0 Å². The first-order valence-electron chi connectivity index (χ1n) is 7.72. The van der Waals surface area contributed by atoms with Gasteiger partial charge in [0.15, 0.2) is 0 Å². The van der Waals surface area contributed by atoms with Crippen molar-refractivity contribution < 1.29 is 19.1 Å². The summed E-state index contributed by atoms with van der Waals surface area (Å²) in [7, 11) is 0. The van der Waals surface area contributed by atoms with Crippen molar-refractivity contribution in [1.82, 2.24) is 20.7 Å². The van der Waals surface area contributed by atoms with Crippen molar-refractivity contribution in [3.05, 3.63) is 0 Å². The highest BCUT2D eigenvalue weighted by molar-refractivity contribution is 5.74. The summed E-state index contributed by atoms with van der Waals surface area (Å²) in [6, 6.07) is -0.229. The van der Waals surface area contributed by atoms with Gasteiger partial charge in [0.05, 0.1) is 25.8 Å². The van der Waals surface area contributed by atoms with E-state index in [0.717, 1.165) is 6.42 Å². The number of likely N-dealkylation sites (tertiary alicyclic amines) is 1. The zero-order valence-electron chi connectivity index (χ0n) is 13.6. The number of ether oxygens (including phenoxy) is 2. The summed E-state index contributed by atoms with van der Waals surface area (Å²) in [5.41, 5.74) is 2.51. The second-order valence-corrected chi connectivity index (χ2v) is 6.53. The first-order valence-corrected chi connectivity index (χ1v) is 7.72. The molecule has 22 heavy (non-hydrogen) atoms. The summed E-state index contributed by atoms with van der Waals surface area (Å²) in [5.74, 6) is 0. The molecule has 2 fully saturated rings. The third kappa shape index (κ3) is 5.03. The lowest BCUT2D eigenvalue weighted by atomic mass is 10.2. The molecule has 0 spiro atoms. The van der Waals surface area contributed by atoms with Gasteiger partial charge in [-0.25, -0.2) is 15.0 Å². The van der Waals surface area contributed by atoms with Gasteiger partial charge in [0.2, 0.25) is 0 Å². The molecular formula is C14H26N4O4. The first kappa shape index (κ1) is 16.8. The topological polar surface area (TPSA) is 83.1 Å². The van der Waals surface area contributed by atoms with Crippen LogP contribution in [-0.4, -0.2) is 73.1 Å². The molecule has 2 saturated heterocycles. The summed E-state index contributed by atoms with van der Waals surface area (Å²) < 4.78 is 10.6. The van der Waals surface area contributed by atoms with E-state index in [1.165, 1.54) is 5.01 Å². The highest BCUT2D eigenvalue weighted by atomic mass is 16.6. The number of nitrogens with zero attached hydrogens (tertiary/aromatic N) is 2. The standard InChI is InChI=1S/C14H26N4O4/c1-14(2,3)22-13(20)17-6-4-11(10-17)16-12(19)18-7-9-21-8-5-15-18/h11,15H,4-10H2,1-3H3,(H,16,19). The van der Waals surface area contributed by atoms with Crippen molar-refractivity contribution >= 4 is 12.1 Å². The molecule has 2 N–H and O–H groups in total. The van der Waals surface area contributed by atoms with Gasteiger partial charge in [-0.3, -0.25) is 5.01 Å². The molecule has 0 aromatic heterocycles. The minimum atomic E-state index is -0.506. The number of hydrazine groups is 1. The SMILES string of the molecule is CC(C)(C)OC(=O)N1CCC(NC(=O)N2CCOCCN2)C1. The summed E-state index contributed by atoms with van der Waals surface area (Å²) in [6.45, 7) is 8.83. The Bertz CT molecular complexity index is 402. The average Bonchev–Trinajstić information content (AvgIpc) is 2.71. The molecule has 2 aliphatic rings. The Kier molecular flexibility index (Phi) is 5.47. The fourth-order valence-electron chi connectivity index (χ4n) is 2.39. The minimum Gasteiger partial charge on any atom is -0.444 e. The molecule has 2 rings (SSSR count). The predicted molar refractivity (Wildman–Crippen MR) is 80.3 cm³/mol. The fourth-order valence-corrected chi connectivity index (χ4v) is 2.39. The second kappa shape index (κ2) is 7.15. The van der Waals surface area contributed by atoms with Crippen molar-refractivity contribution in [2.45, 2.75) is 38.8 Å². The number of hydrogen-bond acceptors (Lipinski definition) is 5. The molecule has 0 saturated carbocycles. The van der Waals surface area contributed by atoms with Crippen LogP contribution >= 0.6 is 0 Å². The van der Waals surface area contributed by atoms with Crippen molar-refractivity contribution in [1.29, 1.82) is 0 Å². The number of rotatable bonds is 1. The molecule has 0 bridgehead atoms. The number of carbonyl (C=O) groups excluding carboxylic acids is 2. The highest BCUT2D eigenvalue weighted by Crippen LogP contribution is 2.15. The van der Waals surface area contributed by atoms with Crippen LogP contribution in [-0.2, 0) is 9.47 Å². The normalized spacial score (nSPS) is 23.1. The van der Waals surface area contributed by atoms with Gasteiger partial charge in [0.1, 0.15) is 5.60 Å². The summed E-state index contributed by atoms with van der Waals surface area (Å²) in [4.78, 5) is 25.8. The lowest BCUT2D eigenvalue weighted by Gasteiger charge is -2.25. The molecule has 0 radical (unpaired) electrons. The van der Waals surface area contributed by atoms with Gasteiger partial charge in [-0.2, -0.15) is 0 Å². The summed E-state index contributed by atoms with van der Waals surface area (Å²) in [5, 5.41) is 4.47. The molecule has 2 aliphatic heterocycles. The molecule has 1 unspecified atom stereocenters. The Morgan fingerprint density at radius 3 is 2.77 bits per heavy atom. The van der Waals surface area contributed by atoms with E-state index in [0.29, 0.717) is 39.4 Å². The van der Waals surface area contributed by atoms with Gasteiger partial charge in [0, 0.05) is 19.6 Å². The number of urea groups is 1. The second-order valence-electron chi connectivity index (χ2n) is 6.53. The Morgan fingerprint density at radius 1 is 1.27 bits per heavy atom. The van der Waals surface area contributed by atoms with Gasteiger partial charge in [0.25, 0.3) is 0 Å². The highest BCUT2D eigenvalue weighted by Gasteiger charge is 2.31. The molecule has 8 nitrogen and oxygen atoms in total. The van der Waals surface area contributed by atoms with Crippen LogP contribution in [0.1, 0.15) is 27.2 Å². The maximum Gasteiger partial charge on any atom is 0.410 e. The van der Waals surface area contributed by atoms with Crippen molar-refractivity contribution in [2.24, 2.45) is 0 Å². The molecular weight excluding hydrogens is 288 g/mol. The number of hydrogen-bond donors (Lipinski definition) is 2. The lowest BCUT2D eigenvalue weighted by Crippen LogP contribution is -2.52. The predicted octanol–water partition coefficient (Wildman–Crippen LogP) is 0.542. The van der Waals surface area contributed by atoms with E-state index in [2.05, 4.69) is 10.7 Å². The monoisotopic (exact) mass is 314 g/mol. The van der Waals surface area contributed by atoms with Crippen LogP contribution in [0.25, 0.3) is 0 Å². The molecule has 0 aromatic rings. The third-order valence-electron chi connectivity index (χ3n) is 3.42. The summed E-state index contributed by atoms with van der Waals surface area (Å²) in [6.07, 6.45) is 0.403. The van der Waals surface area contributed by atoms with Gasteiger partial charge in [-0.1, -0.05) is 0 Å². The minimum absolute atomic E-state index is 0.0500. The van der Waals surface area contributed by atoms with E-state index in [4.69, 9.17) is 9.47 Å². The van der Waals surface area contributed by atoms with E-state index < -0.39 is 5.60 Å². The van der Waals surface area contributed by atoms with E-state index in [9.17, 15) is 9.59 Å². The van der Waals surface area contributed by atoms with Gasteiger partial charge in [-0.05, 0) is 27.2 Å². The van der Waals surface area contributed by atoms with Gasteiger partial charge in [-0.15, -0.1) is 0 Å². The zero-order valence-corrected chi connectivity index (χ0v) is 13.6. The van der Waals surface area contributed by atoms with Gasteiger partial charge >= 0.3 is 12.1 Å². The average molecular weight is 314 g/mol. The third-order valence-corrected chi connectivity index (χ3v) is 3.42. The smallest absolute Gasteiger partial charge is 0.410 e. The molecule has 126 valence electrons. The Morgan fingerprint density at radius 2 is 2.05 bits per heavy atom. The molecule has 8 heteroatoms. The number of amides is 3. The molecule has 0 aromatic carbocycles. The lowest BCUT2D eigenvalue weighted by molar-refractivity contribution is 0.0290. The van der Waals surface area contributed by atoms with E-state index >= 15 is 0 Å². The Balaban J connectivity index is 1.78. The molecule has 1 atom stereocenters. The largest absolute Gasteiger partial charge is 0.444 e. The van der Waals surface area contributed by atoms with Crippen molar-refractivity contribution in [3.63, 3.8) is 0 Å². The van der Waals surface area contributed by atoms with Crippen LogP contribution in [0.3, 0.4) is 0 Å². The van der Waals surface area contributed by atoms with E-state index in [1.807, 2.05) is 20.8 Å². The molecule has 0 aliphatic carbocycles. The first-order chi connectivity index (χ1) is 10.3. The van der Waals surface area contributed by atoms with E-state index in [-0.39, 0.29) is 18.2 Å². The Hall–Kier alpha value is -1.54. The number of nitrogens with one attached hydrogen (secondary N) is 2. The van der Waals surface area contributed by atoms with Crippen LogP contribution in [0.4, 0.5) is 9.59 Å². The fraction of sp³-hybridized carbons (Fsp3) is 0.857. The quantitative estimate of drug-likeness (QED) is 0.738. The Labute approximate surface area is 131 Å². The number of carbonyl (C=O) groups is 2. The zero-order chi connectivity index (χ0) is 16.2. The van der Waals surface area contributed by atoms with Crippen molar-refractivity contribution in [2.75, 3.05) is 39.4 Å². The van der Waals surface area contributed by atoms with Gasteiger partial charge < -0.3 is 19.7 Å². The van der Waals surface area contributed by atoms with Crippen LogP contribution in [0.15, 0.2) is 0 Å². The van der Waals surface area contributed by atoms with Crippen LogP contribution in [0.5, 0.6) is 0 Å². The van der Waals surface area contributed by atoms with E-state index in [1.54, 1.807) is 4.90 Å². The summed E-state index contributed by atoms with van der Waals surface area (Å²) >= 11 is 0. The van der Waals surface area contributed by atoms with Crippen LogP contribution < -0.4 is 10.7 Å². The van der Waals surface area contributed by atoms with Crippen molar-refractivity contribution in [3.8, 4) is 0 Å². The molecule has 3 amide bonds. The maximum atomic E-state index is 12.2. The molecule has 2 heterocycles.